The molecule has 0 aliphatic carbocycles. The fraction of sp³-hybridized carbons (Fsp3) is 0.667. The van der Waals surface area contributed by atoms with Gasteiger partial charge in [0.1, 0.15) is 5.75 Å². The summed E-state index contributed by atoms with van der Waals surface area (Å²) in [7, 11) is 1.70. The van der Waals surface area contributed by atoms with Crippen molar-refractivity contribution >= 4 is 11.6 Å². The number of nitrogens with zero attached hydrogens (tertiary/aromatic N) is 3. The van der Waals surface area contributed by atoms with Crippen molar-refractivity contribution in [2.75, 3.05) is 57.9 Å². The Balaban J connectivity index is 1.93. The Kier molecular flexibility index (Phi) is 9.25. The number of ether oxygens (including phenoxy) is 1. The number of aliphatic imine (C=N–C) groups is 1. The Hall–Kier alpha value is -1.95. The molecule has 1 unspecified atom stereocenters. The number of piperazine rings is 1. The Morgan fingerprint density at radius 3 is 2.41 bits per heavy atom. The SMILES string of the molecule is CCCC(CCO)CN=C(NCC)N1CCN(c2ccc(OC)cc2)CC1. The summed E-state index contributed by atoms with van der Waals surface area (Å²) in [4.78, 5) is 9.64. The molecule has 2 N–H and O–H groups in total. The number of rotatable bonds is 9. The van der Waals surface area contributed by atoms with Crippen LogP contribution in [0.1, 0.15) is 33.1 Å². The highest BCUT2D eigenvalue weighted by Gasteiger charge is 2.20. The molecule has 0 saturated carbocycles. The molecule has 0 bridgehead atoms. The van der Waals surface area contributed by atoms with Crippen molar-refractivity contribution in [2.45, 2.75) is 33.1 Å². The van der Waals surface area contributed by atoms with Gasteiger partial charge in [-0.2, -0.15) is 0 Å². The van der Waals surface area contributed by atoms with Crippen LogP contribution in [0.5, 0.6) is 5.75 Å². The maximum absolute atomic E-state index is 9.26. The van der Waals surface area contributed by atoms with E-state index in [4.69, 9.17) is 9.73 Å². The number of anilines is 1. The molecule has 1 fully saturated rings. The highest BCUT2D eigenvalue weighted by Crippen LogP contribution is 2.20. The summed E-state index contributed by atoms with van der Waals surface area (Å²) in [6, 6.07) is 8.28. The van der Waals surface area contributed by atoms with Crippen molar-refractivity contribution in [3.63, 3.8) is 0 Å². The van der Waals surface area contributed by atoms with Gasteiger partial charge in [0.05, 0.1) is 7.11 Å². The van der Waals surface area contributed by atoms with Crippen molar-refractivity contribution < 1.29 is 9.84 Å². The van der Waals surface area contributed by atoms with Gasteiger partial charge >= 0.3 is 0 Å². The van der Waals surface area contributed by atoms with E-state index in [-0.39, 0.29) is 6.61 Å². The lowest BCUT2D eigenvalue weighted by molar-refractivity contribution is 0.253. The normalized spacial score (nSPS) is 16.4. The van der Waals surface area contributed by atoms with E-state index in [9.17, 15) is 5.11 Å². The van der Waals surface area contributed by atoms with Gasteiger partial charge in [-0.3, -0.25) is 4.99 Å². The zero-order chi connectivity index (χ0) is 19.5. The van der Waals surface area contributed by atoms with E-state index in [0.29, 0.717) is 5.92 Å². The number of aliphatic hydroxyl groups excluding tert-OH is 1. The van der Waals surface area contributed by atoms with Gasteiger partial charge in [-0.15, -0.1) is 0 Å². The molecule has 1 aliphatic rings. The molecule has 6 heteroatoms. The smallest absolute Gasteiger partial charge is 0.194 e. The predicted octanol–water partition coefficient (Wildman–Crippen LogP) is 2.58. The van der Waals surface area contributed by atoms with Gasteiger partial charge < -0.3 is 25.0 Å². The molecule has 1 aliphatic heterocycles. The summed E-state index contributed by atoms with van der Waals surface area (Å²) < 4.78 is 5.25. The minimum Gasteiger partial charge on any atom is -0.497 e. The molecule has 0 amide bonds. The monoisotopic (exact) mass is 376 g/mol. The van der Waals surface area contributed by atoms with E-state index >= 15 is 0 Å². The summed E-state index contributed by atoms with van der Waals surface area (Å²) in [6.45, 7) is 10.1. The third-order valence-corrected chi connectivity index (χ3v) is 5.09. The van der Waals surface area contributed by atoms with Crippen LogP contribution in [0.4, 0.5) is 5.69 Å². The summed E-state index contributed by atoms with van der Waals surface area (Å²) in [6.07, 6.45) is 3.09. The molecule has 1 aromatic rings. The van der Waals surface area contributed by atoms with E-state index in [1.54, 1.807) is 7.11 Å². The molecule has 1 aromatic carbocycles. The van der Waals surface area contributed by atoms with Crippen molar-refractivity contribution in [3.05, 3.63) is 24.3 Å². The average molecular weight is 377 g/mol. The molecule has 27 heavy (non-hydrogen) atoms. The first kappa shape index (κ1) is 21.4. The van der Waals surface area contributed by atoms with Gasteiger partial charge in [0.25, 0.3) is 0 Å². The number of hydrogen-bond acceptors (Lipinski definition) is 4. The van der Waals surface area contributed by atoms with Gasteiger partial charge in [0.15, 0.2) is 5.96 Å². The first-order valence-corrected chi connectivity index (χ1v) is 10.2. The van der Waals surface area contributed by atoms with Gasteiger partial charge in [-0.25, -0.2) is 0 Å². The molecule has 6 nitrogen and oxygen atoms in total. The molecule has 0 radical (unpaired) electrons. The van der Waals surface area contributed by atoms with Crippen LogP contribution in [0.25, 0.3) is 0 Å². The fourth-order valence-corrected chi connectivity index (χ4v) is 3.53. The van der Waals surface area contributed by atoms with Crippen molar-refractivity contribution in [2.24, 2.45) is 10.9 Å². The standard InChI is InChI=1S/C21H36N4O2/c1-4-6-18(11-16-26)17-23-21(22-5-2)25-14-12-24(13-15-25)19-7-9-20(27-3)10-8-19/h7-10,18,26H,4-6,11-17H2,1-3H3,(H,22,23). The molecule has 2 rings (SSSR count). The van der Waals surface area contributed by atoms with Crippen molar-refractivity contribution in [3.8, 4) is 5.75 Å². The molecule has 0 spiro atoms. The minimum atomic E-state index is 0.247. The Morgan fingerprint density at radius 1 is 1.15 bits per heavy atom. The molecule has 1 atom stereocenters. The number of benzene rings is 1. The summed E-state index contributed by atoms with van der Waals surface area (Å²) in [5.41, 5.74) is 1.24. The third kappa shape index (κ3) is 6.61. The van der Waals surface area contributed by atoms with Crippen LogP contribution in [0.15, 0.2) is 29.3 Å². The summed E-state index contributed by atoms with van der Waals surface area (Å²) in [5.74, 6) is 2.36. The van der Waals surface area contributed by atoms with E-state index in [1.165, 1.54) is 5.69 Å². The summed E-state index contributed by atoms with van der Waals surface area (Å²) in [5, 5.41) is 12.7. The minimum absolute atomic E-state index is 0.247. The maximum Gasteiger partial charge on any atom is 0.194 e. The quantitative estimate of drug-likeness (QED) is 0.512. The van der Waals surface area contributed by atoms with E-state index in [0.717, 1.165) is 70.2 Å². The first-order chi connectivity index (χ1) is 13.2. The Morgan fingerprint density at radius 2 is 1.85 bits per heavy atom. The highest BCUT2D eigenvalue weighted by atomic mass is 16.5. The lowest BCUT2D eigenvalue weighted by Crippen LogP contribution is -2.52. The zero-order valence-electron chi connectivity index (χ0n) is 17.2. The molecule has 1 heterocycles. The predicted molar refractivity (Wildman–Crippen MR) is 113 cm³/mol. The Bertz CT molecular complexity index is 548. The highest BCUT2D eigenvalue weighted by molar-refractivity contribution is 5.80. The second kappa shape index (κ2) is 11.7. The van der Waals surface area contributed by atoms with Crippen molar-refractivity contribution in [1.82, 2.24) is 10.2 Å². The van der Waals surface area contributed by atoms with Gasteiger partial charge in [0.2, 0.25) is 0 Å². The topological polar surface area (TPSA) is 60.3 Å². The largest absolute Gasteiger partial charge is 0.497 e. The Labute approximate surface area is 164 Å². The third-order valence-electron chi connectivity index (χ3n) is 5.09. The molecule has 1 saturated heterocycles. The van der Waals surface area contributed by atoms with Crippen LogP contribution in [0, 0.1) is 5.92 Å². The number of hydrogen-bond donors (Lipinski definition) is 2. The second-order valence-corrected chi connectivity index (χ2v) is 7.03. The number of methoxy groups -OCH3 is 1. The molecule has 152 valence electrons. The lowest BCUT2D eigenvalue weighted by Gasteiger charge is -2.38. The molecular formula is C21H36N4O2. The number of nitrogens with one attached hydrogen (secondary N) is 1. The summed E-state index contributed by atoms with van der Waals surface area (Å²) >= 11 is 0. The fourth-order valence-electron chi connectivity index (χ4n) is 3.53. The first-order valence-electron chi connectivity index (χ1n) is 10.2. The van der Waals surface area contributed by atoms with E-state index in [2.05, 4.69) is 41.1 Å². The van der Waals surface area contributed by atoms with E-state index in [1.807, 2.05) is 12.1 Å². The van der Waals surface area contributed by atoms with Gasteiger partial charge in [0, 0.05) is 51.6 Å². The van der Waals surface area contributed by atoms with Crippen LogP contribution in [-0.2, 0) is 0 Å². The van der Waals surface area contributed by atoms with Crippen LogP contribution in [-0.4, -0.2) is 69.0 Å². The maximum atomic E-state index is 9.26. The van der Waals surface area contributed by atoms with E-state index < -0.39 is 0 Å². The average Bonchev–Trinajstić information content (AvgIpc) is 2.71. The number of aliphatic hydroxyl groups is 1. The second-order valence-electron chi connectivity index (χ2n) is 7.03. The lowest BCUT2D eigenvalue weighted by atomic mass is 10.0. The van der Waals surface area contributed by atoms with Crippen LogP contribution in [0.2, 0.25) is 0 Å². The van der Waals surface area contributed by atoms with Gasteiger partial charge in [-0.1, -0.05) is 13.3 Å². The van der Waals surface area contributed by atoms with Crippen LogP contribution in [0.3, 0.4) is 0 Å². The van der Waals surface area contributed by atoms with Crippen molar-refractivity contribution in [1.29, 1.82) is 0 Å². The van der Waals surface area contributed by atoms with Crippen LogP contribution < -0.4 is 15.0 Å². The zero-order valence-corrected chi connectivity index (χ0v) is 17.2. The van der Waals surface area contributed by atoms with Gasteiger partial charge in [-0.05, 0) is 49.9 Å². The van der Waals surface area contributed by atoms with Crippen LogP contribution >= 0.6 is 0 Å². The number of guanidine groups is 1. The molecular weight excluding hydrogens is 340 g/mol. The molecule has 0 aromatic heterocycles.